The van der Waals surface area contributed by atoms with Crippen molar-refractivity contribution in [2.24, 2.45) is 0 Å². The molecule has 0 saturated carbocycles. The highest BCUT2D eigenvalue weighted by Crippen LogP contribution is 2.20. The normalized spacial score (nSPS) is 17.4. The maximum absolute atomic E-state index is 12.3. The number of benzene rings is 1. The van der Waals surface area contributed by atoms with Crippen LogP contribution in [0.25, 0.3) is 0 Å². The van der Waals surface area contributed by atoms with E-state index in [0.29, 0.717) is 19.7 Å². The molecular weight excluding hydrogens is 318 g/mol. The molecule has 2 amide bonds. The van der Waals surface area contributed by atoms with Gasteiger partial charge in [0.2, 0.25) is 0 Å². The molecule has 1 aromatic heterocycles. The van der Waals surface area contributed by atoms with E-state index in [9.17, 15) is 4.79 Å². The van der Waals surface area contributed by atoms with Gasteiger partial charge in [-0.1, -0.05) is 6.07 Å². The highest BCUT2D eigenvalue weighted by molar-refractivity contribution is 5.74. The van der Waals surface area contributed by atoms with Gasteiger partial charge in [-0.3, -0.25) is 0 Å². The highest BCUT2D eigenvalue weighted by Gasteiger charge is 2.24. The number of carbonyl (C=O) groups is 1. The van der Waals surface area contributed by atoms with Crippen LogP contribution in [0.4, 0.5) is 4.79 Å². The molecule has 2 heterocycles. The Bertz CT molecular complexity index is 681. The van der Waals surface area contributed by atoms with Crippen LogP contribution in [0.5, 0.6) is 5.75 Å². The largest absolute Gasteiger partial charge is 0.492 e. The second-order valence-electron chi connectivity index (χ2n) is 6.52. The molecule has 1 N–H and O–H groups in total. The maximum atomic E-state index is 12.3. The van der Waals surface area contributed by atoms with Crippen LogP contribution in [0, 0.1) is 13.8 Å². The minimum absolute atomic E-state index is 0.0474. The number of piperidine rings is 1. The number of urea groups is 1. The molecule has 0 bridgehead atoms. The fourth-order valence-electron chi connectivity index (χ4n) is 3.22. The van der Waals surface area contributed by atoms with Gasteiger partial charge in [0.1, 0.15) is 25.0 Å². The Morgan fingerprint density at radius 2 is 2.12 bits per heavy atom. The maximum Gasteiger partial charge on any atom is 0.317 e. The van der Waals surface area contributed by atoms with Gasteiger partial charge < -0.3 is 15.0 Å². The zero-order valence-corrected chi connectivity index (χ0v) is 14.8. The summed E-state index contributed by atoms with van der Waals surface area (Å²) in [5.41, 5.74) is 2.35. The van der Waals surface area contributed by atoms with Gasteiger partial charge in [0.15, 0.2) is 0 Å². The van der Waals surface area contributed by atoms with Gasteiger partial charge in [-0.2, -0.15) is 5.10 Å². The predicted octanol–water partition coefficient (Wildman–Crippen LogP) is 2.32. The Morgan fingerprint density at radius 1 is 1.32 bits per heavy atom. The highest BCUT2D eigenvalue weighted by atomic mass is 16.5. The second-order valence-corrected chi connectivity index (χ2v) is 6.52. The van der Waals surface area contributed by atoms with Crippen molar-refractivity contribution in [2.45, 2.75) is 32.7 Å². The van der Waals surface area contributed by atoms with Crippen molar-refractivity contribution < 1.29 is 9.53 Å². The molecule has 7 nitrogen and oxygen atoms in total. The zero-order chi connectivity index (χ0) is 17.6. The van der Waals surface area contributed by atoms with Crippen LogP contribution >= 0.6 is 0 Å². The minimum Gasteiger partial charge on any atom is -0.492 e. The number of aromatic nitrogens is 3. The molecule has 1 aliphatic heterocycles. The lowest BCUT2D eigenvalue weighted by atomic mass is 10.1. The summed E-state index contributed by atoms with van der Waals surface area (Å²) in [6, 6.07) is 6.27. The molecule has 0 spiro atoms. The summed E-state index contributed by atoms with van der Waals surface area (Å²) < 4.78 is 7.57. The van der Waals surface area contributed by atoms with E-state index in [2.05, 4.69) is 21.5 Å². The number of nitrogens with zero attached hydrogens (tertiary/aromatic N) is 4. The summed E-state index contributed by atoms with van der Waals surface area (Å²) in [5, 5.41) is 7.12. The van der Waals surface area contributed by atoms with E-state index in [-0.39, 0.29) is 12.1 Å². The standard InChI is InChI=1S/C18H25N5O2/c1-14-8-15(2)10-17(9-14)25-7-5-20-18(24)22-6-3-4-16(11-22)23-13-19-12-21-23/h8-10,12-13,16H,3-7,11H2,1-2H3,(H,20,24). The molecule has 3 rings (SSSR count). The summed E-state index contributed by atoms with van der Waals surface area (Å²) in [5.74, 6) is 0.843. The SMILES string of the molecule is Cc1cc(C)cc(OCCNC(=O)N2CCCC(n3cncn3)C2)c1. The number of aryl methyl sites for hydroxylation is 2. The minimum atomic E-state index is -0.0474. The van der Waals surface area contributed by atoms with Gasteiger partial charge in [0.25, 0.3) is 0 Å². The van der Waals surface area contributed by atoms with Crippen molar-refractivity contribution in [2.75, 3.05) is 26.2 Å². The topological polar surface area (TPSA) is 72.3 Å². The smallest absolute Gasteiger partial charge is 0.317 e. The van der Waals surface area contributed by atoms with Crippen molar-refractivity contribution in [3.8, 4) is 5.75 Å². The van der Waals surface area contributed by atoms with E-state index in [1.54, 1.807) is 6.33 Å². The lowest BCUT2D eigenvalue weighted by Gasteiger charge is -2.32. The average Bonchev–Trinajstić information content (AvgIpc) is 3.12. The molecule has 134 valence electrons. The summed E-state index contributed by atoms with van der Waals surface area (Å²) in [4.78, 5) is 18.2. The second kappa shape index (κ2) is 8.00. The van der Waals surface area contributed by atoms with Crippen LogP contribution in [0.2, 0.25) is 0 Å². The lowest BCUT2D eigenvalue weighted by molar-refractivity contribution is 0.161. The van der Waals surface area contributed by atoms with E-state index in [0.717, 1.165) is 25.1 Å². The van der Waals surface area contributed by atoms with Gasteiger partial charge in [-0.15, -0.1) is 0 Å². The van der Waals surface area contributed by atoms with Gasteiger partial charge in [-0.05, 0) is 49.9 Å². The third-order valence-electron chi connectivity index (χ3n) is 4.34. The first-order chi connectivity index (χ1) is 12.1. The molecule has 0 aliphatic carbocycles. The molecule has 0 radical (unpaired) electrons. The molecule has 1 fully saturated rings. The average molecular weight is 343 g/mol. The van der Waals surface area contributed by atoms with E-state index in [1.807, 2.05) is 35.6 Å². The molecule has 1 aromatic carbocycles. The Hall–Kier alpha value is -2.57. The third kappa shape index (κ3) is 4.71. The van der Waals surface area contributed by atoms with Crippen molar-refractivity contribution >= 4 is 6.03 Å². The summed E-state index contributed by atoms with van der Waals surface area (Å²) >= 11 is 0. The Balaban J connectivity index is 1.43. The number of carbonyl (C=O) groups excluding carboxylic acids is 1. The van der Waals surface area contributed by atoms with E-state index < -0.39 is 0 Å². The summed E-state index contributed by atoms with van der Waals surface area (Å²) in [7, 11) is 0. The van der Waals surface area contributed by atoms with Gasteiger partial charge in [0, 0.05) is 13.1 Å². The molecule has 1 unspecified atom stereocenters. The number of rotatable bonds is 5. The fourth-order valence-corrected chi connectivity index (χ4v) is 3.22. The summed E-state index contributed by atoms with van der Waals surface area (Å²) in [6.07, 6.45) is 5.23. The van der Waals surface area contributed by atoms with Gasteiger partial charge >= 0.3 is 6.03 Å². The van der Waals surface area contributed by atoms with E-state index >= 15 is 0 Å². The Kier molecular flexibility index (Phi) is 5.53. The van der Waals surface area contributed by atoms with Crippen LogP contribution in [0.1, 0.15) is 30.0 Å². The number of likely N-dealkylation sites (tertiary alicyclic amines) is 1. The number of hydrogen-bond donors (Lipinski definition) is 1. The van der Waals surface area contributed by atoms with Gasteiger partial charge in [0.05, 0.1) is 12.6 Å². The number of hydrogen-bond acceptors (Lipinski definition) is 4. The molecule has 1 aliphatic rings. The van der Waals surface area contributed by atoms with Crippen molar-refractivity contribution in [1.82, 2.24) is 25.0 Å². The lowest BCUT2D eigenvalue weighted by Crippen LogP contribution is -2.46. The molecule has 25 heavy (non-hydrogen) atoms. The monoisotopic (exact) mass is 343 g/mol. The molecule has 1 atom stereocenters. The third-order valence-corrected chi connectivity index (χ3v) is 4.34. The van der Waals surface area contributed by atoms with Crippen LogP contribution in [0.3, 0.4) is 0 Å². The van der Waals surface area contributed by atoms with Crippen LogP contribution in [0.15, 0.2) is 30.9 Å². The van der Waals surface area contributed by atoms with E-state index in [4.69, 9.17) is 4.74 Å². The Labute approximate surface area is 148 Å². The molecule has 7 heteroatoms. The first-order valence-electron chi connectivity index (χ1n) is 8.70. The summed E-state index contributed by atoms with van der Waals surface area (Å²) in [6.45, 7) is 6.46. The molecule has 1 saturated heterocycles. The first kappa shape index (κ1) is 17.3. The fraction of sp³-hybridized carbons (Fsp3) is 0.500. The van der Waals surface area contributed by atoms with Crippen molar-refractivity contribution in [3.05, 3.63) is 42.0 Å². The van der Waals surface area contributed by atoms with E-state index in [1.165, 1.54) is 17.5 Å². The van der Waals surface area contributed by atoms with Crippen LogP contribution in [-0.2, 0) is 0 Å². The Morgan fingerprint density at radius 3 is 2.84 bits per heavy atom. The van der Waals surface area contributed by atoms with Crippen molar-refractivity contribution in [3.63, 3.8) is 0 Å². The predicted molar refractivity (Wildman–Crippen MR) is 94.7 cm³/mol. The number of ether oxygens (including phenoxy) is 1. The van der Waals surface area contributed by atoms with Crippen LogP contribution in [-0.4, -0.2) is 51.9 Å². The molecular formula is C18H25N5O2. The van der Waals surface area contributed by atoms with Gasteiger partial charge in [-0.25, -0.2) is 14.5 Å². The number of nitrogens with one attached hydrogen (secondary N) is 1. The molecule has 2 aromatic rings. The first-order valence-corrected chi connectivity index (χ1v) is 8.70. The van der Waals surface area contributed by atoms with Crippen LogP contribution < -0.4 is 10.1 Å². The number of amides is 2. The zero-order valence-electron chi connectivity index (χ0n) is 14.8. The quantitative estimate of drug-likeness (QED) is 0.846. The van der Waals surface area contributed by atoms with Crippen molar-refractivity contribution in [1.29, 1.82) is 0 Å².